The molecular weight excluding hydrogens is 412 g/mol. The molecule has 5 heteroatoms. The van der Waals surface area contributed by atoms with Gasteiger partial charge >= 0.3 is 0 Å². The topological polar surface area (TPSA) is 43.6 Å². The van der Waals surface area contributed by atoms with E-state index in [9.17, 15) is 0 Å². The average Bonchev–Trinajstić information content (AvgIpc) is 3.25. The van der Waals surface area contributed by atoms with E-state index in [0.29, 0.717) is 5.82 Å². The molecule has 140 valence electrons. The smallest absolute Gasteiger partial charge is 0.154 e. The third-order valence-electron chi connectivity index (χ3n) is 5.01. The maximum absolute atomic E-state index is 4.75. The Balaban J connectivity index is 1.79. The molecule has 0 unspecified atom stereocenters. The Bertz CT molecular complexity index is 1090. The zero-order valence-corrected chi connectivity index (χ0v) is 17.5. The van der Waals surface area contributed by atoms with Gasteiger partial charge in [0.25, 0.3) is 0 Å². The maximum atomic E-state index is 4.75. The average molecular weight is 433 g/mol. The van der Waals surface area contributed by atoms with E-state index < -0.39 is 5.54 Å². The molecule has 0 aliphatic carbocycles. The molecule has 0 amide bonds. The van der Waals surface area contributed by atoms with Gasteiger partial charge in [-0.25, -0.2) is 0 Å². The van der Waals surface area contributed by atoms with Gasteiger partial charge in [0.1, 0.15) is 5.54 Å². The van der Waals surface area contributed by atoms with E-state index in [-0.39, 0.29) is 0 Å². The van der Waals surface area contributed by atoms with Crippen LogP contribution in [0.15, 0.2) is 78.9 Å². The molecule has 1 heterocycles. The highest BCUT2D eigenvalue weighted by atomic mass is 79.9. The highest BCUT2D eigenvalue weighted by Gasteiger charge is 2.26. The first-order valence-corrected chi connectivity index (χ1v) is 10.3. The molecule has 0 fully saturated rings. The summed E-state index contributed by atoms with van der Waals surface area (Å²) < 4.78 is 0. The Hall–Kier alpha value is -2.79. The van der Waals surface area contributed by atoms with Crippen LogP contribution in [0.25, 0.3) is 22.5 Å². The number of benzene rings is 3. The van der Waals surface area contributed by atoms with Gasteiger partial charge in [-0.3, -0.25) is 0 Å². The fourth-order valence-electron chi connectivity index (χ4n) is 3.33. The van der Waals surface area contributed by atoms with Crippen molar-refractivity contribution in [2.45, 2.75) is 24.7 Å². The number of aromatic nitrogens is 4. The van der Waals surface area contributed by atoms with Crippen molar-refractivity contribution in [2.24, 2.45) is 0 Å². The van der Waals surface area contributed by atoms with Crippen LogP contribution in [-0.4, -0.2) is 20.2 Å². The predicted molar refractivity (Wildman–Crippen MR) is 116 cm³/mol. The summed E-state index contributed by atoms with van der Waals surface area (Å²) in [6.07, 6.45) is 0. The summed E-state index contributed by atoms with van der Waals surface area (Å²) in [6, 6.07) is 26.8. The molecule has 0 saturated heterocycles. The molecule has 3 aromatic carbocycles. The van der Waals surface area contributed by atoms with Gasteiger partial charge in [-0.05, 0) is 41.3 Å². The minimum Gasteiger partial charge on any atom is -0.154 e. The first-order valence-electron chi connectivity index (χ1n) is 9.21. The van der Waals surface area contributed by atoms with Crippen LogP contribution in [0.5, 0.6) is 0 Å². The molecule has 28 heavy (non-hydrogen) atoms. The summed E-state index contributed by atoms with van der Waals surface area (Å²) >= 11 is 3.59. The summed E-state index contributed by atoms with van der Waals surface area (Å²) in [6.45, 7) is 4.19. The normalized spacial score (nSPS) is 11.5. The molecule has 0 aliphatic heterocycles. The van der Waals surface area contributed by atoms with Gasteiger partial charge in [-0.2, -0.15) is 4.80 Å². The Morgan fingerprint density at radius 1 is 0.786 bits per heavy atom. The van der Waals surface area contributed by atoms with Gasteiger partial charge in [-0.15, -0.1) is 10.2 Å². The number of rotatable bonds is 5. The van der Waals surface area contributed by atoms with Crippen molar-refractivity contribution in [3.05, 3.63) is 90.0 Å². The van der Waals surface area contributed by atoms with E-state index in [1.807, 2.05) is 30.3 Å². The summed E-state index contributed by atoms with van der Waals surface area (Å²) in [5.41, 5.74) is 5.23. The van der Waals surface area contributed by atoms with Crippen molar-refractivity contribution in [1.82, 2.24) is 20.2 Å². The maximum Gasteiger partial charge on any atom is 0.205 e. The number of tetrazole rings is 1. The van der Waals surface area contributed by atoms with Crippen LogP contribution in [0.3, 0.4) is 0 Å². The van der Waals surface area contributed by atoms with Crippen molar-refractivity contribution in [1.29, 1.82) is 0 Å². The number of halogens is 1. The molecule has 0 radical (unpaired) electrons. The molecule has 0 aliphatic rings. The zero-order chi connectivity index (χ0) is 19.6. The van der Waals surface area contributed by atoms with E-state index in [1.54, 1.807) is 4.80 Å². The largest absolute Gasteiger partial charge is 0.205 e. The van der Waals surface area contributed by atoms with Gasteiger partial charge in [0.15, 0.2) is 0 Å². The van der Waals surface area contributed by atoms with Gasteiger partial charge in [0, 0.05) is 10.9 Å². The van der Waals surface area contributed by atoms with E-state index in [4.69, 9.17) is 5.10 Å². The van der Waals surface area contributed by atoms with Crippen LogP contribution in [0, 0.1) is 0 Å². The van der Waals surface area contributed by atoms with Crippen LogP contribution < -0.4 is 0 Å². The quantitative estimate of drug-likeness (QED) is 0.380. The lowest BCUT2D eigenvalue weighted by molar-refractivity contribution is 0.337. The lowest BCUT2D eigenvalue weighted by atomic mass is 9.95. The van der Waals surface area contributed by atoms with Crippen molar-refractivity contribution in [2.75, 3.05) is 0 Å². The van der Waals surface area contributed by atoms with Gasteiger partial charge in [-0.1, -0.05) is 94.8 Å². The molecule has 0 saturated carbocycles. The van der Waals surface area contributed by atoms with Gasteiger partial charge in [0.05, 0.1) is 0 Å². The Labute approximate surface area is 173 Å². The lowest BCUT2D eigenvalue weighted by Crippen LogP contribution is -2.30. The molecule has 4 aromatic rings. The van der Waals surface area contributed by atoms with E-state index in [1.165, 1.54) is 11.1 Å². The van der Waals surface area contributed by atoms with Crippen LogP contribution in [0.4, 0.5) is 0 Å². The third-order valence-corrected chi connectivity index (χ3v) is 5.62. The number of hydrogen-bond donors (Lipinski definition) is 0. The minimum atomic E-state index is -0.394. The molecule has 0 atom stereocenters. The van der Waals surface area contributed by atoms with E-state index >= 15 is 0 Å². The second-order valence-electron chi connectivity index (χ2n) is 7.16. The second-order valence-corrected chi connectivity index (χ2v) is 7.72. The number of alkyl halides is 1. The van der Waals surface area contributed by atoms with Crippen LogP contribution >= 0.6 is 15.9 Å². The van der Waals surface area contributed by atoms with Crippen LogP contribution in [0.1, 0.15) is 25.0 Å². The Morgan fingerprint density at radius 2 is 1.39 bits per heavy atom. The van der Waals surface area contributed by atoms with Crippen LogP contribution in [0.2, 0.25) is 0 Å². The molecular formula is C23H21BrN4. The minimum absolute atomic E-state index is 0.394. The fourth-order valence-corrected chi connectivity index (χ4v) is 3.82. The molecule has 0 bridgehead atoms. The highest BCUT2D eigenvalue weighted by molar-refractivity contribution is 9.08. The highest BCUT2D eigenvalue weighted by Crippen LogP contribution is 2.33. The molecule has 4 rings (SSSR count). The SMILES string of the molecule is CC(C)(c1ccccc1)n1nnc(-c2ccccc2-c2ccccc2CBr)n1. The second kappa shape index (κ2) is 7.68. The first kappa shape index (κ1) is 18.6. The third kappa shape index (κ3) is 3.38. The van der Waals surface area contributed by atoms with Crippen molar-refractivity contribution in [3.63, 3.8) is 0 Å². The standard InChI is InChI=1S/C23H21BrN4/c1-23(2,18-11-4-3-5-12-18)28-26-22(25-27-28)21-15-9-8-14-20(21)19-13-7-6-10-17(19)16-24/h3-15H,16H2,1-2H3. The first-order chi connectivity index (χ1) is 13.6. The summed E-state index contributed by atoms with van der Waals surface area (Å²) in [5.74, 6) is 0.629. The number of nitrogens with zero attached hydrogens (tertiary/aromatic N) is 4. The zero-order valence-electron chi connectivity index (χ0n) is 15.9. The fraction of sp³-hybridized carbons (Fsp3) is 0.174. The monoisotopic (exact) mass is 432 g/mol. The summed E-state index contributed by atoms with van der Waals surface area (Å²) in [7, 11) is 0. The molecule has 0 spiro atoms. The van der Waals surface area contributed by atoms with Crippen molar-refractivity contribution < 1.29 is 0 Å². The summed E-state index contributed by atoms with van der Waals surface area (Å²) in [5, 5.41) is 14.3. The van der Waals surface area contributed by atoms with E-state index in [2.05, 4.69) is 88.6 Å². The molecule has 0 N–H and O–H groups in total. The van der Waals surface area contributed by atoms with Crippen LogP contribution in [-0.2, 0) is 10.9 Å². The lowest BCUT2D eigenvalue weighted by Gasteiger charge is -2.23. The van der Waals surface area contributed by atoms with Gasteiger partial charge in [0.2, 0.25) is 5.82 Å². The Morgan fingerprint density at radius 3 is 2.11 bits per heavy atom. The molecule has 4 nitrogen and oxygen atoms in total. The van der Waals surface area contributed by atoms with Crippen molar-refractivity contribution in [3.8, 4) is 22.5 Å². The number of hydrogen-bond acceptors (Lipinski definition) is 3. The van der Waals surface area contributed by atoms with E-state index in [0.717, 1.165) is 22.0 Å². The molecule has 1 aromatic heterocycles. The van der Waals surface area contributed by atoms with Crippen molar-refractivity contribution >= 4 is 15.9 Å². The van der Waals surface area contributed by atoms with Gasteiger partial charge < -0.3 is 0 Å². The summed E-state index contributed by atoms with van der Waals surface area (Å²) in [4.78, 5) is 1.70. The Kier molecular flexibility index (Phi) is 5.09. The predicted octanol–water partition coefficient (Wildman–Crippen LogP) is 5.69.